The molecule has 0 heterocycles. The number of nitrogens with one attached hydrogen (secondary N) is 1. The number of hydrogen-bond acceptors (Lipinski definition) is 2. The number of hydrogen-bond donors (Lipinski definition) is 2. The van der Waals surface area contributed by atoms with Crippen LogP contribution in [0.3, 0.4) is 0 Å². The van der Waals surface area contributed by atoms with Gasteiger partial charge in [0.1, 0.15) is 5.82 Å². The zero-order valence-corrected chi connectivity index (χ0v) is 12.1. The SMILES string of the molecule is O=C(CCc1cccc(F)c1)N[C@@H]1c2ccccc2C[C@H]1O. The van der Waals surface area contributed by atoms with Crippen molar-refractivity contribution < 1.29 is 14.3 Å². The molecule has 0 saturated heterocycles. The first-order valence-electron chi connectivity index (χ1n) is 7.43. The lowest BCUT2D eigenvalue weighted by Crippen LogP contribution is -2.33. The van der Waals surface area contributed by atoms with Crippen LogP contribution in [0.5, 0.6) is 0 Å². The maximum Gasteiger partial charge on any atom is 0.220 e. The fourth-order valence-corrected chi connectivity index (χ4v) is 2.94. The van der Waals surface area contributed by atoms with Crippen molar-refractivity contribution in [2.24, 2.45) is 0 Å². The van der Waals surface area contributed by atoms with Crippen LogP contribution in [0, 0.1) is 5.82 Å². The molecule has 0 saturated carbocycles. The summed E-state index contributed by atoms with van der Waals surface area (Å²) < 4.78 is 13.1. The minimum Gasteiger partial charge on any atom is -0.390 e. The lowest BCUT2D eigenvalue weighted by Gasteiger charge is -2.18. The topological polar surface area (TPSA) is 49.3 Å². The number of halogens is 1. The average Bonchev–Trinajstić information content (AvgIpc) is 2.81. The van der Waals surface area contributed by atoms with Crippen LogP contribution >= 0.6 is 0 Å². The molecule has 3 rings (SSSR count). The molecular weight excluding hydrogens is 281 g/mol. The first kappa shape index (κ1) is 14.7. The van der Waals surface area contributed by atoms with E-state index in [0.717, 1.165) is 16.7 Å². The average molecular weight is 299 g/mol. The fraction of sp³-hybridized carbons (Fsp3) is 0.278. The summed E-state index contributed by atoms with van der Waals surface area (Å²) in [6, 6.07) is 13.7. The standard InChI is InChI=1S/C18H18FNO2/c19-14-6-3-4-12(10-14)8-9-17(22)20-18-15-7-2-1-5-13(15)11-16(18)21/h1-7,10,16,18,21H,8-9,11H2,(H,20,22)/t16-,18-/m1/s1. The van der Waals surface area contributed by atoms with Crippen LogP contribution in [0.1, 0.15) is 29.2 Å². The van der Waals surface area contributed by atoms with Crippen molar-refractivity contribution in [2.75, 3.05) is 0 Å². The molecule has 0 aromatic heterocycles. The number of aliphatic hydroxyl groups is 1. The summed E-state index contributed by atoms with van der Waals surface area (Å²) in [5, 5.41) is 13.0. The number of carbonyl (C=O) groups is 1. The molecule has 0 bridgehead atoms. The zero-order chi connectivity index (χ0) is 15.5. The van der Waals surface area contributed by atoms with Crippen molar-refractivity contribution in [3.8, 4) is 0 Å². The van der Waals surface area contributed by atoms with Gasteiger partial charge in [-0.15, -0.1) is 0 Å². The molecule has 0 radical (unpaired) electrons. The van der Waals surface area contributed by atoms with E-state index in [0.29, 0.717) is 12.8 Å². The van der Waals surface area contributed by atoms with Crippen molar-refractivity contribution in [1.29, 1.82) is 0 Å². The monoisotopic (exact) mass is 299 g/mol. The fourth-order valence-electron chi connectivity index (χ4n) is 2.94. The van der Waals surface area contributed by atoms with E-state index in [1.807, 2.05) is 24.3 Å². The molecule has 2 aromatic carbocycles. The largest absolute Gasteiger partial charge is 0.390 e. The quantitative estimate of drug-likeness (QED) is 0.911. The number of carbonyl (C=O) groups excluding carboxylic acids is 1. The van der Waals surface area contributed by atoms with Gasteiger partial charge in [-0.25, -0.2) is 4.39 Å². The van der Waals surface area contributed by atoms with Gasteiger partial charge in [-0.2, -0.15) is 0 Å². The van der Waals surface area contributed by atoms with E-state index in [1.165, 1.54) is 12.1 Å². The summed E-state index contributed by atoms with van der Waals surface area (Å²) in [4.78, 5) is 12.1. The van der Waals surface area contributed by atoms with Gasteiger partial charge in [-0.3, -0.25) is 4.79 Å². The second-order valence-electron chi connectivity index (χ2n) is 5.65. The van der Waals surface area contributed by atoms with Gasteiger partial charge in [0.25, 0.3) is 0 Å². The van der Waals surface area contributed by atoms with Crippen molar-refractivity contribution in [3.05, 3.63) is 71.0 Å². The summed E-state index contributed by atoms with van der Waals surface area (Å²) >= 11 is 0. The molecule has 3 nitrogen and oxygen atoms in total. The maximum atomic E-state index is 13.1. The Morgan fingerprint density at radius 3 is 2.86 bits per heavy atom. The first-order chi connectivity index (χ1) is 10.6. The smallest absolute Gasteiger partial charge is 0.220 e. The molecule has 0 fully saturated rings. The van der Waals surface area contributed by atoms with Gasteiger partial charge in [0, 0.05) is 12.8 Å². The van der Waals surface area contributed by atoms with Crippen molar-refractivity contribution >= 4 is 5.91 Å². The summed E-state index contributed by atoms with van der Waals surface area (Å²) in [5.74, 6) is -0.428. The maximum absolute atomic E-state index is 13.1. The van der Waals surface area contributed by atoms with Crippen molar-refractivity contribution in [2.45, 2.75) is 31.4 Å². The van der Waals surface area contributed by atoms with Gasteiger partial charge in [0.05, 0.1) is 12.1 Å². The summed E-state index contributed by atoms with van der Waals surface area (Å²) in [6.07, 6.45) is 0.726. The summed E-state index contributed by atoms with van der Waals surface area (Å²) in [5.41, 5.74) is 2.85. The minimum atomic E-state index is -0.587. The van der Waals surface area contributed by atoms with E-state index in [1.54, 1.807) is 12.1 Å². The van der Waals surface area contributed by atoms with Crippen LogP contribution in [0.25, 0.3) is 0 Å². The Kier molecular flexibility index (Phi) is 4.20. The lowest BCUT2D eigenvalue weighted by molar-refractivity contribution is -0.122. The number of benzene rings is 2. The van der Waals surface area contributed by atoms with Gasteiger partial charge in [-0.1, -0.05) is 36.4 Å². The molecule has 114 valence electrons. The molecule has 2 N–H and O–H groups in total. The molecule has 2 aromatic rings. The van der Waals surface area contributed by atoms with E-state index in [-0.39, 0.29) is 24.2 Å². The van der Waals surface area contributed by atoms with Crippen LogP contribution in [-0.4, -0.2) is 17.1 Å². The minimum absolute atomic E-state index is 0.134. The van der Waals surface area contributed by atoms with Crippen LogP contribution < -0.4 is 5.32 Å². The molecule has 4 heteroatoms. The molecule has 1 aliphatic carbocycles. The van der Waals surface area contributed by atoms with Gasteiger partial charge in [0.15, 0.2) is 0 Å². The van der Waals surface area contributed by atoms with Gasteiger partial charge in [-0.05, 0) is 35.2 Å². The Bertz CT molecular complexity index is 686. The molecule has 0 aliphatic heterocycles. The Hall–Kier alpha value is -2.20. The highest BCUT2D eigenvalue weighted by Gasteiger charge is 2.31. The second-order valence-corrected chi connectivity index (χ2v) is 5.65. The normalized spacial score (nSPS) is 19.7. The van der Waals surface area contributed by atoms with E-state index in [9.17, 15) is 14.3 Å². The number of amides is 1. The van der Waals surface area contributed by atoms with Crippen LogP contribution in [0.15, 0.2) is 48.5 Å². The molecular formula is C18H18FNO2. The Morgan fingerprint density at radius 2 is 2.05 bits per heavy atom. The zero-order valence-electron chi connectivity index (χ0n) is 12.1. The molecule has 0 unspecified atom stereocenters. The molecule has 2 atom stereocenters. The van der Waals surface area contributed by atoms with E-state index < -0.39 is 6.10 Å². The number of fused-ring (bicyclic) bond motifs is 1. The number of aliphatic hydroxyl groups excluding tert-OH is 1. The number of rotatable bonds is 4. The highest BCUT2D eigenvalue weighted by Crippen LogP contribution is 2.31. The molecule has 1 amide bonds. The van der Waals surface area contributed by atoms with E-state index in [2.05, 4.69) is 5.32 Å². The van der Waals surface area contributed by atoms with E-state index in [4.69, 9.17) is 0 Å². The third-order valence-electron chi connectivity index (χ3n) is 4.05. The van der Waals surface area contributed by atoms with Crippen molar-refractivity contribution in [3.63, 3.8) is 0 Å². The van der Waals surface area contributed by atoms with Crippen LogP contribution in [0.2, 0.25) is 0 Å². The van der Waals surface area contributed by atoms with E-state index >= 15 is 0 Å². The number of aryl methyl sites for hydroxylation is 1. The van der Waals surface area contributed by atoms with Crippen LogP contribution in [-0.2, 0) is 17.6 Å². The Labute approximate surface area is 128 Å². The molecule has 0 spiro atoms. The van der Waals surface area contributed by atoms with Gasteiger partial charge >= 0.3 is 0 Å². The third kappa shape index (κ3) is 3.17. The molecule has 22 heavy (non-hydrogen) atoms. The van der Waals surface area contributed by atoms with Crippen molar-refractivity contribution in [1.82, 2.24) is 5.32 Å². The Morgan fingerprint density at radius 1 is 1.23 bits per heavy atom. The second kappa shape index (κ2) is 6.28. The summed E-state index contributed by atoms with van der Waals surface area (Å²) in [6.45, 7) is 0. The van der Waals surface area contributed by atoms with Crippen LogP contribution in [0.4, 0.5) is 4.39 Å². The first-order valence-corrected chi connectivity index (χ1v) is 7.43. The lowest BCUT2D eigenvalue weighted by atomic mass is 10.1. The predicted octanol–water partition coefficient (Wildman–Crippen LogP) is 2.53. The predicted molar refractivity (Wildman–Crippen MR) is 81.8 cm³/mol. The van der Waals surface area contributed by atoms with Gasteiger partial charge in [0.2, 0.25) is 5.91 Å². The molecule has 1 aliphatic rings. The Balaban J connectivity index is 1.60. The highest BCUT2D eigenvalue weighted by atomic mass is 19.1. The highest BCUT2D eigenvalue weighted by molar-refractivity contribution is 5.77. The summed E-state index contributed by atoms with van der Waals surface area (Å²) in [7, 11) is 0. The van der Waals surface area contributed by atoms with Gasteiger partial charge < -0.3 is 10.4 Å². The third-order valence-corrected chi connectivity index (χ3v) is 4.05.